The van der Waals surface area contributed by atoms with E-state index in [4.69, 9.17) is 5.11 Å². The summed E-state index contributed by atoms with van der Waals surface area (Å²) in [6, 6.07) is 10.8. The number of carboxylic acids is 1. The van der Waals surface area contributed by atoms with Crippen molar-refractivity contribution in [2.24, 2.45) is 0 Å². The van der Waals surface area contributed by atoms with Crippen molar-refractivity contribution in [1.29, 1.82) is 0 Å². The first kappa shape index (κ1) is 16.2. The second-order valence-electron chi connectivity index (χ2n) is 5.74. The summed E-state index contributed by atoms with van der Waals surface area (Å²) in [6.07, 6.45) is 0. The molecule has 0 aliphatic carbocycles. The Kier molecular flexibility index (Phi) is 4.66. The fourth-order valence-corrected chi connectivity index (χ4v) is 2.88. The minimum atomic E-state index is -0.865. The van der Waals surface area contributed by atoms with Crippen molar-refractivity contribution in [1.82, 2.24) is 0 Å². The third-order valence-corrected chi connectivity index (χ3v) is 4.94. The molecule has 5 heteroatoms. The molecule has 1 heterocycles. The normalized spacial score (nSPS) is 12.7. The van der Waals surface area contributed by atoms with Crippen LogP contribution in [0.2, 0.25) is 0 Å². The van der Waals surface area contributed by atoms with Crippen molar-refractivity contribution in [2.45, 2.75) is 32.1 Å². The highest BCUT2D eigenvalue weighted by atomic mass is 32.1. The zero-order valence-electron chi connectivity index (χ0n) is 12.8. The van der Waals surface area contributed by atoms with Gasteiger partial charge >= 0.3 is 5.97 Å². The number of hydrogen-bond donors (Lipinski definition) is 2. The number of benzene rings is 1. The van der Waals surface area contributed by atoms with Gasteiger partial charge in [-0.05, 0) is 49.9 Å². The zero-order chi connectivity index (χ0) is 16.3. The maximum absolute atomic E-state index is 12.5. The molecule has 1 aromatic heterocycles. The molecule has 22 heavy (non-hydrogen) atoms. The van der Waals surface area contributed by atoms with Crippen LogP contribution in [-0.4, -0.2) is 17.0 Å². The Morgan fingerprint density at radius 2 is 1.82 bits per heavy atom. The monoisotopic (exact) mass is 317 g/mol. The second-order valence-corrected chi connectivity index (χ2v) is 6.69. The number of amides is 1. The maximum Gasteiger partial charge on any atom is 0.310 e. The molecule has 0 spiro atoms. The third kappa shape index (κ3) is 3.36. The maximum atomic E-state index is 12.5. The summed E-state index contributed by atoms with van der Waals surface area (Å²) < 4.78 is 0. The fraction of sp³-hybridized carbons (Fsp3) is 0.294. The molecule has 1 amide bonds. The summed E-state index contributed by atoms with van der Waals surface area (Å²) in [6.45, 7) is 5.40. The number of carbonyl (C=O) groups excluding carboxylic acids is 1. The Hall–Kier alpha value is -2.14. The van der Waals surface area contributed by atoms with Crippen LogP contribution in [0.15, 0.2) is 41.8 Å². The van der Waals surface area contributed by atoms with Crippen molar-refractivity contribution < 1.29 is 14.7 Å². The van der Waals surface area contributed by atoms with E-state index in [9.17, 15) is 9.59 Å². The highest BCUT2D eigenvalue weighted by molar-refractivity contribution is 7.10. The summed E-state index contributed by atoms with van der Waals surface area (Å²) >= 11 is 1.55. The number of hydrogen-bond acceptors (Lipinski definition) is 3. The van der Waals surface area contributed by atoms with Crippen molar-refractivity contribution in [3.8, 4) is 0 Å². The molecule has 1 atom stereocenters. The molecule has 4 nitrogen and oxygen atoms in total. The molecule has 0 aliphatic rings. The van der Waals surface area contributed by atoms with Gasteiger partial charge in [-0.15, -0.1) is 11.3 Å². The molecule has 2 aromatic rings. The van der Waals surface area contributed by atoms with Crippen molar-refractivity contribution in [3.05, 3.63) is 52.2 Å². The summed E-state index contributed by atoms with van der Waals surface area (Å²) in [5.74, 6) is -1.52. The lowest BCUT2D eigenvalue weighted by molar-refractivity contribution is -0.138. The van der Waals surface area contributed by atoms with Gasteiger partial charge in [0.15, 0.2) is 0 Å². The average Bonchev–Trinajstić information content (AvgIpc) is 3.02. The van der Waals surface area contributed by atoms with E-state index in [-0.39, 0.29) is 5.91 Å². The Balaban J connectivity index is 2.11. The van der Waals surface area contributed by atoms with Crippen LogP contribution in [0, 0.1) is 0 Å². The van der Waals surface area contributed by atoms with Crippen LogP contribution in [-0.2, 0) is 15.0 Å². The summed E-state index contributed by atoms with van der Waals surface area (Å²) in [4.78, 5) is 24.4. The second kappa shape index (κ2) is 6.32. The van der Waals surface area contributed by atoms with E-state index >= 15 is 0 Å². The lowest BCUT2D eigenvalue weighted by Crippen LogP contribution is -2.33. The van der Waals surface area contributed by atoms with Gasteiger partial charge in [-0.2, -0.15) is 0 Å². The van der Waals surface area contributed by atoms with Crippen molar-refractivity contribution in [2.75, 3.05) is 5.32 Å². The minimum absolute atomic E-state index is 0.0889. The molecule has 0 radical (unpaired) electrons. The number of nitrogens with one attached hydrogen (secondary N) is 1. The van der Waals surface area contributed by atoms with Gasteiger partial charge in [0.1, 0.15) is 0 Å². The minimum Gasteiger partial charge on any atom is -0.481 e. The molecular weight excluding hydrogens is 298 g/mol. The van der Waals surface area contributed by atoms with E-state index in [1.165, 1.54) is 0 Å². The van der Waals surface area contributed by atoms with Crippen LogP contribution in [0.1, 0.15) is 37.1 Å². The summed E-state index contributed by atoms with van der Waals surface area (Å²) in [7, 11) is 0. The number of anilines is 1. The zero-order valence-corrected chi connectivity index (χ0v) is 13.6. The SMILES string of the molecule is CC(C(=O)O)c1ccc(NC(=O)C(C)(C)c2cccs2)cc1. The first-order valence-electron chi connectivity index (χ1n) is 7.00. The van der Waals surface area contributed by atoms with Crippen LogP contribution in [0.4, 0.5) is 5.69 Å². The van der Waals surface area contributed by atoms with E-state index < -0.39 is 17.3 Å². The van der Waals surface area contributed by atoms with Gasteiger partial charge in [-0.3, -0.25) is 9.59 Å². The summed E-state index contributed by atoms with van der Waals surface area (Å²) in [5.41, 5.74) is 0.764. The fourth-order valence-electron chi connectivity index (χ4n) is 2.03. The number of aliphatic carboxylic acids is 1. The van der Waals surface area contributed by atoms with E-state index in [0.717, 1.165) is 4.88 Å². The van der Waals surface area contributed by atoms with Gasteiger partial charge in [0.2, 0.25) is 5.91 Å². The molecule has 1 unspecified atom stereocenters. The van der Waals surface area contributed by atoms with Crippen LogP contribution >= 0.6 is 11.3 Å². The van der Waals surface area contributed by atoms with E-state index in [0.29, 0.717) is 11.3 Å². The molecule has 0 bridgehead atoms. The number of carbonyl (C=O) groups is 2. The Labute approximate surface area is 133 Å². The number of rotatable bonds is 5. The predicted molar refractivity (Wildman–Crippen MR) is 88.5 cm³/mol. The molecule has 1 aromatic carbocycles. The molecule has 0 aliphatic heterocycles. The highest BCUT2D eigenvalue weighted by Crippen LogP contribution is 2.29. The van der Waals surface area contributed by atoms with Crippen LogP contribution < -0.4 is 5.32 Å². The predicted octanol–water partition coefficient (Wildman–Crippen LogP) is 3.85. The lowest BCUT2D eigenvalue weighted by Gasteiger charge is -2.22. The number of thiophene rings is 1. The molecular formula is C17H19NO3S. The molecule has 0 fully saturated rings. The van der Waals surface area contributed by atoms with Crippen molar-refractivity contribution >= 4 is 28.9 Å². The van der Waals surface area contributed by atoms with Gasteiger partial charge in [-0.25, -0.2) is 0 Å². The topological polar surface area (TPSA) is 66.4 Å². The van der Waals surface area contributed by atoms with Gasteiger partial charge in [0.25, 0.3) is 0 Å². The van der Waals surface area contributed by atoms with E-state index in [2.05, 4.69) is 5.32 Å². The Morgan fingerprint density at radius 3 is 2.32 bits per heavy atom. The molecule has 2 rings (SSSR count). The van der Waals surface area contributed by atoms with Crippen LogP contribution in [0.5, 0.6) is 0 Å². The first-order chi connectivity index (χ1) is 10.3. The average molecular weight is 317 g/mol. The van der Waals surface area contributed by atoms with Crippen molar-refractivity contribution in [3.63, 3.8) is 0 Å². The molecule has 2 N–H and O–H groups in total. The third-order valence-electron chi connectivity index (χ3n) is 3.74. The van der Waals surface area contributed by atoms with Gasteiger partial charge in [-0.1, -0.05) is 18.2 Å². The molecule has 0 saturated carbocycles. The molecule has 0 saturated heterocycles. The van der Waals surface area contributed by atoms with Crippen LogP contribution in [0.3, 0.4) is 0 Å². The van der Waals surface area contributed by atoms with Gasteiger partial charge in [0.05, 0.1) is 11.3 Å². The standard InChI is InChI=1S/C17H19NO3S/c1-11(15(19)20)12-6-8-13(9-7-12)18-16(21)17(2,3)14-5-4-10-22-14/h4-11H,1-3H3,(H,18,21)(H,19,20). The van der Waals surface area contributed by atoms with Gasteiger partial charge in [0, 0.05) is 10.6 Å². The molecule has 116 valence electrons. The Morgan fingerprint density at radius 1 is 1.18 bits per heavy atom. The summed E-state index contributed by atoms with van der Waals surface area (Å²) in [5, 5.41) is 13.8. The highest BCUT2D eigenvalue weighted by Gasteiger charge is 2.30. The first-order valence-corrected chi connectivity index (χ1v) is 7.88. The van der Waals surface area contributed by atoms with Gasteiger partial charge < -0.3 is 10.4 Å². The van der Waals surface area contributed by atoms with Crippen LogP contribution in [0.25, 0.3) is 0 Å². The smallest absolute Gasteiger partial charge is 0.310 e. The largest absolute Gasteiger partial charge is 0.481 e. The van der Waals surface area contributed by atoms with E-state index in [1.807, 2.05) is 31.4 Å². The quantitative estimate of drug-likeness (QED) is 0.880. The Bertz CT molecular complexity index is 660. The van der Waals surface area contributed by atoms with E-state index in [1.54, 1.807) is 42.5 Å². The lowest BCUT2D eigenvalue weighted by atomic mass is 9.90. The number of carboxylic acid groups (broad SMARTS) is 1.